The Morgan fingerprint density at radius 3 is 2.36 bits per heavy atom. The first-order valence-corrected chi connectivity index (χ1v) is 8.91. The average Bonchev–Trinajstić information content (AvgIpc) is 2.87. The fourth-order valence-corrected chi connectivity index (χ4v) is 3.37. The Balaban J connectivity index is 1.99. The highest BCUT2D eigenvalue weighted by Gasteiger charge is 2.25. The molecule has 0 aliphatic carbocycles. The Kier molecular flexibility index (Phi) is 6.20. The minimum Gasteiger partial charge on any atom is -0.454 e. The molecule has 132 valence electrons. The largest absolute Gasteiger partial charge is 0.454 e. The highest BCUT2D eigenvalue weighted by Crippen LogP contribution is 2.21. The number of thioether (sulfide) groups is 1. The van der Waals surface area contributed by atoms with Crippen molar-refractivity contribution < 1.29 is 19.1 Å². The minimum atomic E-state index is -0.916. The van der Waals surface area contributed by atoms with Gasteiger partial charge in [0.2, 0.25) is 5.78 Å². The van der Waals surface area contributed by atoms with Crippen LogP contribution in [-0.2, 0) is 9.53 Å². The summed E-state index contributed by atoms with van der Waals surface area (Å²) in [6.45, 7) is 6.46. The summed E-state index contributed by atoms with van der Waals surface area (Å²) in [4.78, 5) is 40.1. The molecule has 0 aliphatic heterocycles. The molecule has 0 aliphatic rings. The van der Waals surface area contributed by atoms with Crippen LogP contribution in [0.5, 0.6) is 0 Å². The van der Waals surface area contributed by atoms with E-state index in [2.05, 4.69) is 4.98 Å². The highest BCUT2D eigenvalue weighted by atomic mass is 32.2. The quantitative estimate of drug-likeness (QED) is 0.463. The first kappa shape index (κ1) is 19.0. The number of hydrogen-bond acceptors (Lipinski definition) is 5. The molecule has 1 atom stereocenters. The van der Waals surface area contributed by atoms with E-state index in [4.69, 9.17) is 4.74 Å². The summed E-state index contributed by atoms with van der Waals surface area (Å²) in [5, 5.41) is 0. The second-order valence-electron chi connectivity index (χ2n) is 5.78. The van der Waals surface area contributed by atoms with Gasteiger partial charge in [-0.15, -0.1) is 11.8 Å². The molecule has 0 bridgehead atoms. The number of benzene rings is 1. The lowest BCUT2D eigenvalue weighted by Crippen LogP contribution is -2.26. The molecule has 25 heavy (non-hydrogen) atoms. The molecule has 2 aromatic rings. The van der Waals surface area contributed by atoms with Gasteiger partial charge >= 0.3 is 5.97 Å². The molecule has 1 aromatic carbocycles. The minimum absolute atomic E-state index is 0.103. The second kappa shape index (κ2) is 8.16. The Labute approximate surface area is 151 Å². The van der Waals surface area contributed by atoms with E-state index >= 15 is 0 Å². The molecule has 2 rings (SSSR count). The molecule has 1 N–H and O–H groups in total. The fourth-order valence-electron chi connectivity index (χ4n) is 2.67. The van der Waals surface area contributed by atoms with Crippen molar-refractivity contribution in [3.05, 3.63) is 52.8 Å². The number of carbonyl (C=O) groups excluding carboxylic acids is 3. The molecule has 0 unspecified atom stereocenters. The third-order valence-corrected chi connectivity index (χ3v) is 4.80. The van der Waals surface area contributed by atoms with Crippen molar-refractivity contribution in [2.45, 2.75) is 38.7 Å². The molecule has 1 heterocycles. The predicted molar refractivity (Wildman–Crippen MR) is 97.3 cm³/mol. The molecule has 0 saturated heterocycles. The van der Waals surface area contributed by atoms with Gasteiger partial charge in [-0.05, 0) is 45.4 Å². The number of aryl methyl sites for hydroxylation is 1. The zero-order chi connectivity index (χ0) is 18.6. The van der Waals surface area contributed by atoms with Crippen LogP contribution in [-0.4, -0.2) is 34.4 Å². The molecule has 0 radical (unpaired) electrons. The van der Waals surface area contributed by atoms with E-state index in [1.54, 1.807) is 13.8 Å². The standard InChI is InChI=1S/C19H21NO4S/c1-11-17(13(3)21)12(2)20-18(11)19(23)14(4)24-16(22)10-25-15-8-6-5-7-9-15/h5-9,14,20H,10H2,1-4H3/t14-/m1/s1. The summed E-state index contributed by atoms with van der Waals surface area (Å²) >= 11 is 1.35. The molecule has 0 fully saturated rings. The third kappa shape index (κ3) is 4.60. The first-order chi connectivity index (χ1) is 11.8. The van der Waals surface area contributed by atoms with E-state index < -0.39 is 12.1 Å². The summed E-state index contributed by atoms with van der Waals surface area (Å²) in [6.07, 6.45) is -0.916. The van der Waals surface area contributed by atoms with Crippen molar-refractivity contribution in [3.8, 4) is 0 Å². The number of aromatic amines is 1. The Hall–Kier alpha value is -2.34. The number of hydrogen-bond donors (Lipinski definition) is 1. The molecule has 0 amide bonds. The van der Waals surface area contributed by atoms with E-state index in [1.165, 1.54) is 25.6 Å². The van der Waals surface area contributed by atoms with Crippen molar-refractivity contribution in [3.63, 3.8) is 0 Å². The van der Waals surface area contributed by atoms with Crippen molar-refractivity contribution in [2.75, 3.05) is 5.75 Å². The zero-order valence-corrected chi connectivity index (χ0v) is 15.5. The number of carbonyl (C=O) groups is 3. The van der Waals surface area contributed by atoms with E-state index in [9.17, 15) is 14.4 Å². The zero-order valence-electron chi connectivity index (χ0n) is 14.7. The topological polar surface area (TPSA) is 76.2 Å². The van der Waals surface area contributed by atoms with Gasteiger partial charge in [0.25, 0.3) is 0 Å². The van der Waals surface area contributed by atoms with Gasteiger partial charge in [0, 0.05) is 16.2 Å². The van der Waals surface area contributed by atoms with Crippen molar-refractivity contribution in [2.24, 2.45) is 0 Å². The van der Waals surface area contributed by atoms with Gasteiger partial charge < -0.3 is 9.72 Å². The maximum atomic E-state index is 12.5. The number of ketones is 2. The summed E-state index contributed by atoms with van der Waals surface area (Å²) in [5.41, 5.74) is 2.07. The summed E-state index contributed by atoms with van der Waals surface area (Å²) in [6, 6.07) is 9.49. The number of nitrogens with one attached hydrogen (secondary N) is 1. The lowest BCUT2D eigenvalue weighted by Gasteiger charge is -2.12. The number of ether oxygens (including phenoxy) is 1. The molecular weight excluding hydrogens is 338 g/mol. The fraction of sp³-hybridized carbons (Fsp3) is 0.316. The lowest BCUT2D eigenvalue weighted by atomic mass is 10.0. The Morgan fingerprint density at radius 1 is 1.16 bits per heavy atom. The predicted octanol–water partition coefficient (Wildman–Crippen LogP) is 3.74. The number of aromatic nitrogens is 1. The van der Waals surface area contributed by atoms with Gasteiger partial charge in [-0.2, -0.15) is 0 Å². The lowest BCUT2D eigenvalue weighted by molar-refractivity contribution is -0.143. The molecular formula is C19H21NO4S. The van der Waals surface area contributed by atoms with Crippen molar-refractivity contribution in [1.29, 1.82) is 0 Å². The summed E-state index contributed by atoms with van der Waals surface area (Å²) in [7, 11) is 0. The molecule has 6 heteroatoms. The summed E-state index contributed by atoms with van der Waals surface area (Å²) in [5.74, 6) is -0.772. The van der Waals surface area contributed by atoms with Crippen LogP contribution in [0.4, 0.5) is 0 Å². The van der Waals surface area contributed by atoms with Gasteiger partial charge in [-0.25, -0.2) is 0 Å². The Bertz CT molecular complexity index is 795. The molecule has 1 aromatic heterocycles. The smallest absolute Gasteiger partial charge is 0.316 e. The SMILES string of the molecule is CC(=O)c1c(C)[nH]c(C(=O)[C@@H](C)OC(=O)CSc2ccccc2)c1C. The van der Waals surface area contributed by atoms with Gasteiger partial charge in [-0.1, -0.05) is 18.2 Å². The number of Topliss-reactive ketones (excluding diaryl/α,β-unsaturated/α-hetero) is 2. The monoisotopic (exact) mass is 359 g/mol. The van der Waals surface area contributed by atoms with E-state index in [-0.39, 0.29) is 17.3 Å². The maximum Gasteiger partial charge on any atom is 0.316 e. The van der Waals surface area contributed by atoms with Crippen molar-refractivity contribution >= 4 is 29.3 Å². The summed E-state index contributed by atoms with van der Waals surface area (Å²) < 4.78 is 5.24. The second-order valence-corrected chi connectivity index (χ2v) is 6.83. The van der Waals surface area contributed by atoms with Crippen LogP contribution in [0.25, 0.3) is 0 Å². The van der Waals surface area contributed by atoms with Gasteiger partial charge in [-0.3, -0.25) is 14.4 Å². The molecule has 5 nitrogen and oxygen atoms in total. The maximum absolute atomic E-state index is 12.5. The van der Waals surface area contributed by atoms with Gasteiger partial charge in [0.05, 0.1) is 11.4 Å². The van der Waals surface area contributed by atoms with E-state index in [0.717, 1.165) is 4.90 Å². The van der Waals surface area contributed by atoms with Crippen LogP contribution in [0.1, 0.15) is 46.0 Å². The van der Waals surface area contributed by atoms with E-state index in [1.807, 2.05) is 30.3 Å². The first-order valence-electron chi connectivity index (χ1n) is 7.93. The van der Waals surface area contributed by atoms with Crippen LogP contribution in [0.3, 0.4) is 0 Å². The van der Waals surface area contributed by atoms with Gasteiger partial charge in [0.15, 0.2) is 11.9 Å². The van der Waals surface area contributed by atoms with Crippen LogP contribution < -0.4 is 0 Å². The number of esters is 1. The van der Waals surface area contributed by atoms with Gasteiger partial charge in [0.1, 0.15) is 0 Å². The average molecular weight is 359 g/mol. The van der Waals surface area contributed by atoms with Crippen LogP contribution in [0, 0.1) is 13.8 Å². The molecule has 0 spiro atoms. The normalized spacial score (nSPS) is 11.8. The third-order valence-electron chi connectivity index (χ3n) is 3.81. The van der Waals surface area contributed by atoms with Crippen LogP contribution in [0.2, 0.25) is 0 Å². The highest BCUT2D eigenvalue weighted by molar-refractivity contribution is 8.00. The Morgan fingerprint density at radius 2 is 1.80 bits per heavy atom. The van der Waals surface area contributed by atoms with Crippen LogP contribution >= 0.6 is 11.8 Å². The van der Waals surface area contributed by atoms with Crippen LogP contribution in [0.15, 0.2) is 35.2 Å². The van der Waals surface area contributed by atoms with Crippen molar-refractivity contribution in [1.82, 2.24) is 4.98 Å². The molecule has 0 saturated carbocycles. The van der Waals surface area contributed by atoms with E-state index in [0.29, 0.717) is 22.5 Å². The number of rotatable bonds is 7. The number of H-pyrrole nitrogens is 1.